The summed E-state index contributed by atoms with van der Waals surface area (Å²) in [6, 6.07) is 20.1. The molecule has 0 aliphatic carbocycles. The molecular formula is C27H23F3N4O6. The molecular weight excluding hydrogens is 533 g/mol. The van der Waals surface area contributed by atoms with Crippen molar-refractivity contribution in [3.63, 3.8) is 0 Å². The highest BCUT2D eigenvalue weighted by Gasteiger charge is 2.49. The monoisotopic (exact) mass is 556 g/mol. The molecule has 1 aromatic heterocycles. The number of benzene rings is 3. The number of halogens is 3. The van der Waals surface area contributed by atoms with Crippen LogP contribution in [0.25, 0.3) is 11.0 Å². The lowest BCUT2D eigenvalue weighted by molar-refractivity contribution is -0.192. The Balaban J connectivity index is 0.000000470. The molecule has 1 atom stereocenters. The summed E-state index contributed by atoms with van der Waals surface area (Å²) < 4.78 is 36.3. The van der Waals surface area contributed by atoms with Crippen molar-refractivity contribution in [3.05, 3.63) is 94.5 Å². The number of ether oxygens (including phenoxy) is 1. The average Bonchev–Trinajstić information content (AvgIpc) is 3.41. The second-order valence-corrected chi connectivity index (χ2v) is 8.77. The SMILES string of the molecule is COC(=O)Nc1nc2ccc(C3(O)c4ccccc4C(=O)N3Cc3ccccc3C)cc2[nH]1.O=C(O)C(F)(F)F. The smallest absolute Gasteiger partial charge is 0.475 e. The van der Waals surface area contributed by atoms with E-state index in [0.717, 1.165) is 11.1 Å². The number of carbonyl (C=O) groups excluding carboxylic acids is 2. The van der Waals surface area contributed by atoms with Crippen LogP contribution in [-0.4, -0.2) is 56.3 Å². The number of hydrogen-bond donors (Lipinski definition) is 4. The molecule has 2 amide bonds. The lowest BCUT2D eigenvalue weighted by atomic mass is 9.93. The number of nitrogens with zero attached hydrogens (tertiary/aromatic N) is 2. The molecule has 3 aromatic carbocycles. The zero-order valence-electron chi connectivity index (χ0n) is 21.1. The molecule has 5 rings (SSSR count). The number of aromatic amines is 1. The van der Waals surface area contributed by atoms with E-state index in [-0.39, 0.29) is 18.4 Å². The van der Waals surface area contributed by atoms with E-state index in [1.807, 2.05) is 37.3 Å². The molecule has 0 fully saturated rings. The third-order valence-electron chi connectivity index (χ3n) is 6.29. The molecule has 0 radical (unpaired) electrons. The molecule has 13 heteroatoms. The topological polar surface area (TPSA) is 145 Å². The van der Waals surface area contributed by atoms with Gasteiger partial charge in [0.25, 0.3) is 5.91 Å². The minimum atomic E-state index is -5.08. The van der Waals surface area contributed by atoms with Crippen molar-refractivity contribution in [2.45, 2.75) is 25.4 Å². The van der Waals surface area contributed by atoms with Crippen molar-refractivity contribution < 1.29 is 42.5 Å². The summed E-state index contributed by atoms with van der Waals surface area (Å²) in [5, 5.41) is 21.7. The van der Waals surface area contributed by atoms with Crippen molar-refractivity contribution in [1.29, 1.82) is 0 Å². The molecule has 0 saturated heterocycles. The molecule has 0 saturated carbocycles. The van der Waals surface area contributed by atoms with E-state index in [4.69, 9.17) is 9.90 Å². The maximum absolute atomic E-state index is 13.4. The average molecular weight is 556 g/mol. The summed E-state index contributed by atoms with van der Waals surface area (Å²) in [6.45, 7) is 2.22. The summed E-state index contributed by atoms with van der Waals surface area (Å²) in [6.07, 6.45) is -5.73. The number of aromatic nitrogens is 2. The molecule has 4 N–H and O–H groups in total. The van der Waals surface area contributed by atoms with Crippen molar-refractivity contribution in [1.82, 2.24) is 14.9 Å². The van der Waals surface area contributed by atoms with Crippen molar-refractivity contribution in [3.8, 4) is 0 Å². The van der Waals surface area contributed by atoms with E-state index in [1.165, 1.54) is 12.0 Å². The van der Waals surface area contributed by atoms with Crippen LogP contribution in [0.4, 0.5) is 23.9 Å². The Morgan fingerprint density at radius 2 is 1.75 bits per heavy atom. The quantitative estimate of drug-likeness (QED) is 0.289. The number of fused-ring (bicyclic) bond motifs is 2. The number of methoxy groups -OCH3 is 1. The van der Waals surface area contributed by atoms with E-state index in [9.17, 15) is 27.9 Å². The van der Waals surface area contributed by atoms with Gasteiger partial charge in [-0.15, -0.1) is 0 Å². The Hall–Kier alpha value is -4.91. The molecule has 10 nitrogen and oxygen atoms in total. The van der Waals surface area contributed by atoms with Crippen LogP contribution in [0, 0.1) is 6.92 Å². The van der Waals surface area contributed by atoms with E-state index in [2.05, 4.69) is 20.0 Å². The summed E-state index contributed by atoms with van der Waals surface area (Å²) in [5.74, 6) is -2.78. The zero-order valence-corrected chi connectivity index (χ0v) is 21.1. The Bertz CT molecular complexity index is 1600. The van der Waals surface area contributed by atoms with Gasteiger partial charge in [0.2, 0.25) is 5.95 Å². The first-order chi connectivity index (χ1) is 18.9. The number of nitrogens with one attached hydrogen (secondary N) is 2. The fourth-order valence-electron chi connectivity index (χ4n) is 4.30. The second kappa shape index (κ2) is 10.7. The number of anilines is 1. The predicted octanol–water partition coefficient (Wildman–Crippen LogP) is 4.53. The predicted molar refractivity (Wildman–Crippen MR) is 136 cm³/mol. The third kappa shape index (κ3) is 5.31. The van der Waals surface area contributed by atoms with Gasteiger partial charge in [0.1, 0.15) is 0 Å². The van der Waals surface area contributed by atoms with Gasteiger partial charge in [-0.05, 0) is 36.2 Å². The number of aliphatic carboxylic acids is 1. The normalized spacial score (nSPS) is 16.2. The van der Waals surface area contributed by atoms with Gasteiger partial charge in [0.15, 0.2) is 5.72 Å². The van der Waals surface area contributed by atoms with E-state index in [0.29, 0.717) is 27.7 Å². The van der Waals surface area contributed by atoms with Crippen LogP contribution in [0.15, 0.2) is 66.7 Å². The van der Waals surface area contributed by atoms with Crippen LogP contribution in [0.2, 0.25) is 0 Å². The van der Waals surface area contributed by atoms with Crippen LogP contribution in [0.1, 0.15) is 32.6 Å². The maximum atomic E-state index is 13.4. The van der Waals surface area contributed by atoms with Crippen LogP contribution in [0.3, 0.4) is 0 Å². The molecule has 208 valence electrons. The van der Waals surface area contributed by atoms with Crippen LogP contribution < -0.4 is 5.32 Å². The molecule has 1 aliphatic rings. The molecule has 1 unspecified atom stereocenters. The lowest BCUT2D eigenvalue weighted by Crippen LogP contribution is -2.44. The molecule has 2 heterocycles. The van der Waals surface area contributed by atoms with Crippen molar-refractivity contribution >= 4 is 35.0 Å². The van der Waals surface area contributed by atoms with Crippen LogP contribution >= 0.6 is 0 Å². The Labute approximate surface area is 225 Å². The molecule has 0 spiro atoms. The number of imidazole rings is 1. The van der Waals surface area contributed by atoms with Gasteiger partial charge in [0.05, 0.1) is 18.1 Å². The van der Waals surface area contributed by atoms with Gasteiger partial charge in [-0.25, -0.2) is 14.6 Å². The number of H-pyrrole nitrogens is 1. The first-order valence-electron chi connectivity index (χ1n) is 11.7. The van der Waals surface area contributed by atoms with Gasteiger partial charge in [-0.2, -0.15) is 13.2 Å². The highest BCUT2D eigenvalue weighted by atomic mass is 19.4. The lowest BCUT2D eigenvalue weighted by Gasteiger charge is -2.35. The molecule has 0 bridgehead atoms. The van der Waals surface area contributed by atoms with Crippen LogP contribution in [-0.2, 0) is 21.8 Å². The first-order valence-corrected chi connectivity index (χ1v) is 11.7. The van der Waals surface area contributed by atoms with Gasteiger partial charge in [-0.3, -0.25) is 15.0 Å². The number of amides is 2. The fourth-order valence-corrected chi connectivity index (χ4v) is 4.30. The Morgan fingerprint density at radius 3 is 2.40 bits per heavy atom. The number of aryl methyl sites for hydroxylation is 1. The summed E-state index contributed by atoms with van der Waals surface area (Å²) in [7, 11) is 1.27. The standard InChI is InChI=1S/C25H22N4O4.C2HF3O2/c1-15-7-3-4-8-16(15)14-29-22(30)18-9-5-6-10-19(18)25(29,32)17-11-12-20-21(13-17)27-23(26-20)28-24(31)33-2;3-2(4,5)1(6)7/h3-13,32H,14H2,1-2H3,(H2,26,27,28,31);(H,6,7). The minimum absolute atomic E-state index is 0.223. The number of carboxylic acids is 1. The number of alkyl halides is 3. The Kier molecular flexibility index (Phi) is 7.51. The number of hydrogen-bond acceptors (Lipinski definition) is 6. The molecule has 1 aliphatic heterocycles. The third-order valence-corrected chi connectivity index (χ3v) is 6.29. The summed E-state index contributed by atoms with van der Waals surface area (Å²) in [5.41, 5.74) is 3.00. The van der Waals surface area contributed by atoms with Crippen LogP contribution in [0.5, 0.6) is 0 Å². The van der Waals surface area contributed by atoms with Gasteiger partial charge < -0.3 is 19.9 Å². The van der Waals surface area contributed by atoms with Crippen molar-refractivity contribution in [2.75, 3.05) is 12.4 Å². The van der Waals surface area contributed by atoms with E-state index in [1.54, 1.807) is 36.4 Å². The number of carboxylic acid groups (broad SMARTS) is 1. The number of rotatable bonds is 4. The van der Waals surface area contributed by atoms with Gasteiger partial charge >= 0.3 is 18.2 Å². The summed E-state index contributed by atoms with van der Waals surface area (Å²) >= 11 is 0. The van der Waals surface area contributed by atoms with Crippen molar-refractivity contribution in [2.24, 2.45) is 0 Å². The second-order valence-electron chi connectivity index (χ2n) is 8.77. The maximum Gasteiger partial charge on any atom is 0.490 e. The van der Waals surface area contributed by atoms with E-state index >= 15 is 0 Å². The highest BCUT2D eigenvalue weighted by Crippen LogP contribution is 2.43. The fraction of sp³-hybridized carbons (Fsp3) is 0.185. The Morgan fingerprint density at radius 1 is 1.10 bits per heavy atom. The van der Waals surface area contributed by atoms with E-state index < -0.39 is 24.0 Å². The number of aliphatic hydroxyl groups is 1. The molecule has 4 aromatic rings. The first kappa shape index (κ1) is 28.1. The highest BCUT2D eigenvalue weighted by molar-refractivity contribution is 6.00. The van der Waals surface area contributed by atoms with Gasteiger partial charge in [0, 0.05) is 23.2 Å². The zero-order chi connectivity index (χ0) is 29.2. The summed E-state index contributed by atoms with van der Waals surface area (Å²) in [4.78, 5) is 42.7. The largest absolute Gasteiger partial charge is 0.490 e. The molecule has 40 heavy (non-hydrogen) atoms. The minimum Gasteiger partial charge on any atom is -0.475 e. The number of carbonyl (C=O) groups is 3. The van der Waals surface area contributed by atoms with Gasteiger partial charge in [-0.1, -0.05) is 48.5 Å².